The first-order valence-corrected chi connectivity index (χ1v) is 8.15. The number of nitrogens with one attached hydrogen (secondary N) is 1. The van der Waals surface area contributed by atoms with E-state index in [1.54, 1.807) is 0 Å². The van der Waals surface area contributed by atoms with E-state index in [4.69, 9.17) is 0 Å². The number of hydrogen-bond acceptors (Lipinski definition) is 2. The van der Waals surface area contributed by atoms with Gasteiger partial charge in [0, 0.05) is 26.2 Å². The van der Waals surface area contributed by atoms with Gasteiger partial charge in [0.2, 0.25) is 0 Å². The minimum Gasteiger partial charge on any atom is -0.314 e. The second-order valence-corrected chi connectivity index (χ2v) is 6.22. The van der Waals surface area contributed by atoms with Crippen LogP contribution in [0.3, 0.4) is 0 Å². The average molecular weight is 290 g/mol. The largest absolute Gasteiger partial charge is 0.314 e. The summed E-state index contributed by atoms with van der Waals surface area (Å²) in [6, 6.07) is 16.1. The first-order chi connectivity index (χ1) is 10.9. The molecule has 2 nitrogen and oxygen atoms in total. The molecule has 0 saturated carbocycles. The molecular formula is C20H22N2. The Morgan fingerprint density at radius 2 is 1.77 bits per heavy atom. The molecule has 112 valence electrons. The molecule has 1 saturated heterocycles. The lowest BCUT2D eigenvalue weighted by atomic mass is 9.98. The summed E-state index contributed by atoms with van der Waals surface area (Å²) in [6.07, 6.45) is 3.15. The highest BCUT2D eigenvalue weighted by molar-refractivity contribution is 5.77. The summed E-state index contributed by atoms with van der Waals surface area (Å²) in [5.74, 6) is 0. The van der Waals surface area contributed by atoms with Crippen molar-refractivity contribution in [3.8, 4) is 11.1 Å². The summed E-state index contributed by atoms with van der Waals surface area (Å²) >= 11 is 0. The SMILES string of the molecule is C=C[C@H](c1ccc2c(c1)Cc1ccccc1-2)N1CCNCC1. The molecule has 0 amide bonds. The summed E-state index contributed by atoms with van der Waals surface area (Å²) in [7, 11) is 0. The molecule has 1 atom stereocenters. The van der Waals surface area contributed by atoms with E-state index in [0.29, 0.717) is 6.04 Å². The number of rotatable bonds is 3. The number of nitrogens with zero attached hydrogens (tertiary/aromatic N) is 1. The lowest BCUT2D eigenvalue weighted by Gasteiger charge is -2.33. The van der Waals surface area contributed by atoms with Crippen molar-refractivity contribution in [3.63, 3.8) is 0 Å². The lowest BCUT2D eigenvalue weighted by Crippen LogP contribution is -2.44. The highest BCUT2D eigenvalue weighted by Gasteiger charge is 2.23. The third-order valence-electron chi connectivity index (χ3n) is 4.93. The Morgan fingerprint density at radius 1 is 1.00 bits per heavy atom. The number of hydrogen-bond donors (Lipinski definition) is 1. The number of piperazine rings is 1. The van der Waals surface area contributed by atoms with E-state index in [1.165, 1.54) is 27.8 Å². The Kier molecular flexibility index (Phi) is 3.57. The quantitative estimate of drug-likeness (QED) is 0.744. The molecule has 0 aromatic heterocycles. The van der Waals surface area contributed by atoms with Crippen LogP contribution in [0.4, 0.5) is 0 Å². The molecule has 1 heterocycles. The van der Waals surface area contributed by atoms with Gasteiger partial charge in [0.25, 0.3) is 0 Å². The predicted octanol–water partition coefficient (Wildman–Crippen LogP) is 3.39. The van der Waals surface area contributed by atoms with Gasteiger partial charge in [-0.1, -0.05) is 48.5 Å². The molecule has 2 aliphatic rings. The zero-order chi connectivity index (χ0) is 14.9. The summed E-state index contributed by atoms with van der Waals surface area (Å²) < 4.78 is 0. The van der Waals surface area contributed by atoms with E-state index in [9.17, 15) is 0 Å². The summed E-state index contributed by atoms with van der Waals surface area (Å²) in [6.45, 7) is 8.41. The molecule has 22 heavy (non-hydrogen) atoms. The molecule has 2 heteroatoms. The van der Waals surface area contributed by atoms with Crippen LogP contribution in [0.15, 0.2) is 55.1 Å². The van der Waals surface area contributed by atoms with Crippen molar-refractivity contribution in [2.24, 2.45) is 0 Å². The lowest BCUT2D eigenvalue weighted by molar-refractivity contribution is 0.203. The summed E-state index contributed by atoms with van der Waals surface area (Å²) in [5.41, 5.74) is 7.10. The fourth-order valence-electron chi connectivity index (χ4n) is 3.81. The van der Waals surface area contributed by atoms with Crippen molar-refractivity contribution in [2.75, 3.05) is 26.2 Å². The van der Waals surface area contributed by atoms with Gasteiger partial charge >= 0.3 is 0 Å². The number of fused-ring (bicyclic) bond motifs is 3. The Morgan fingerprint density at radius 3 is 2.59 bits per heavy atom. The van der Waals surface area contributed by atoms with Crippen LogP contribution in [0.25, 0.3) is 11.1 Å². The molecule has 4 rings (SSSR count). The smallest absolute Gasteiger partial charge is 0.0530 e. The van der Waals surface area contributed by atoms with Crippen LogP contribution < -0.4 is 5.32 Å². The van der Waals surface area contributed by atoms with Crippen LogP contribution in [-0.4, -0.2) is 31.1 Å². The maximum Gasteiger partial charge on any atom is 0.0530 e. The van der Waals surface area contributed by atoms with Gasteiger partial charge in [-0.15, -0.1) is 6.58 Å². The van der Waals surface area contributed by atoms with Gasteiger partial charge in [-0.25, -0.2) is 0 Å². The van der Waals surface area contributed by atoms with Gasteiger partial charge in [0.05, 0.1) is 6.04 Å². The Hall–Kier alpha value is -1.90. The molecule has 1 fully saturated rings. The van der Waals surface area contributed by atoms with Crippen molar-refractivity contribution in [3.05, 3.63) is 71.8 Å². The van der Waals surface area contributed by atoms with Gasteiger partial charge in [0.15, 0.2) is 0 Å². The molecule has 1 aliphatic carbocycles. The molecule has 2 aromatic carbocycles. The molecule has 0 radical (unpaired) electrons. The maximum absolute atomic E-state index is 4.08. The Bertz CT molecular complexity index is 699. The monoisotopic (exact) mass is 290 g/mol. The van der Waals surface area contributed by atoms with E-state index in [1.807, 2.05) is 0 Å². The van der Waals surface area contributed by atoms with Gasteiger partial charge in [-0.05, 0) is 34.2 Å². The second-order valence-electron chi connectivity index (χ2n) is 6.22. The maximum atomic E-state index is 4.08. The van der Waals surface area contributed by atoms with Crippen molar-refractivity contribution in [2.45, 2.75) is 12.5 Å². The fraction of sp³-hybridized carbons (Fsp3) is 0.300. The molecule has 0 unspecified atom stereocenters. The van der Waals surface area contributed by atoms with Gasteiger partial charge in [0.1, 0.15) is 0 Å². The molecule has 1 N–H and O–H groups in total. The molecule has 0 spiro atoms. The first kappa shape index (κ1) is 13.7. The second kappa shape index (κ2) is 5.71. The third kappa shape index (κ3) is 2.29. The van der Waals surface area contributed by atoms with E-state index in [0.717, 1.165) is 32.6 Å². The minimum atomic E-state index is 0.330. The molecule has 1 aliphatic heterocycles. The Labute approximate surface area is 132 Å². The summed E-state index contributed by atoms with van der Waals surface area (Å²) in [5, 5.41) is 3.42. The highest BCUT2D eigenvalue weighted by atomic mass is 15.2. The van der Waals surface area contributed by atoms with Crippen molar-refractivity contribution in [1.82, 2.24) is 10.2 Å². The van der Waals surface area contributed by atoms with Crippen LogP contribution in [0.1, 0.15) is 22.7 Å². The fourth-order valence-corrected chi connectivity index (χ4v) is 3.81. The van der Waals surface area contributed by atoms with Gasteiger partial charge < -0.3 is 5.32 Å². The average Bonchev–Trinajstić information content (AvgIpc) is 2.94. The Balaban J connectivity index is 1.67. The van der Waals surface area contributed by atoms with E-state index in [2.05, 4.69) is 65.3 Å². The van der Waals surface area contributed by atoms with Gasteiger partial charge in [-0.2, -0.15) is 0 Å². The topological polar surface area (TPSA) is 15.3 Å². The predicted molar refractivity (Wildman–Crippen MR) is 92.1 cm³/mol. The number of benzene rings is 2. The van der Waals surface area contributed by atoms with E-state index < -0.39 is 0 Å². The zero-order valence-corrected chi connectivity index (χ0v) is 12.9. The van der Waals surface area contributed by atoms with Crippen molar-refractivity contribution < 1.29 is 0 Å². The molecular weight excluding hydrogens is 268 g/mol. The van der Waals surface area contributed by atoms with Crippen LogP contribution in [0.5, 0.6) is 0 Å². The van der Waals surface area contributed by atoms with Crippen LogP contribution >= 0.6 is 0 Å². The molecule has 0 bridgehead atoms. The third-order valence-corrected chi connectivity index (χ3v) is 4.93. The highest BCUT2D eigenvalue weighted by Crippen LogP contribution is 2.38. The summed E-state index contributed by atoms with van der Waals surface area (Å²) in [4.78, 5) is 2.52. The zero-order valence-electron chi connectivity index (χ0n) is 12.9. The van der Waals surface area contributed by atoms with Crippen LogP contribution in [0, 0.1) is 0 Å². The normalized spacial score (nSPS) is 18.5. The van der Waals surface area contributed by atoms with Crippen molar-refractivity contribution >= 4 is 0 Å². The van der Waals surface area contributed by atoms with E-state index in [-0.39, 0.29) is 0 Å². The van der Waals surface area contributed by atoms with Crippen LogP contribution in [0.2, 0.25) is 0 Å². The van der Waals surface area contributed by atoms with Gasteiger partial charge in [-0.3, -0.25) is 4.90 Å². The van der Waals surface area contributed by atoms with Crippen molar-refractivity contribution in [1.29, 1.82) is 0 Å². The van der Waals surface area contributed by atoms with Crippen LogP contribution in [-0.2, 0) is 6.42 Å². The minimum absolute atomic E-state index is 0.330. The molecule has 2 aromatic rings. The first-order valence-electron chi connectivity index (χ1n) is 8.15. The van der Waals surface area contributed by atoms with E-state index >= 15 is 0 Å². The standard InChI is InChI=1S/C20H22N2/c1-2-20(22-11-9-21-10-12-22)16-7-8-19-17(14-16)13-15-5-3-4-6-18(15)19/h2-8,14,20-21H,1,9-13H2/t20-/m1/s1.